The molecule has 0 aromatic heterocycles. The topological polar surface area (TPSA) is 38.7 Å². The van der Waals surface area contributed by atoms with Crippen LogP contribution in [0.5, 0.6) is 11.5 Å². The van der Waals surface area contributed by atoms with Crippen LogP contribution < -0.4 is 9.47 Å². The molecule has 0 saturated carbocycles. The van der Waals surface area contributed by atoms with E-state index < -0.39 is 11.9 Å². The van der Waals surface area contributed by atoms with Crippen molar-refractivity contribution in [1.29, 1.82) is 0 Å². The molecule has 0 bridgehead atoms. The highest BCUT2D eigenvalue weighted by atomic mass is 79.9. The highest BCUT2D eigenvalue weighted by Crippen LogP contribution is 2.30. The Morgan fingerprint density at radius 1 is 1.25 bits per heavy atom. The zero-order valence-corrected chi connectivity index (χ0v) is 12.4. The molecule has 0 aliphatic rings. The lowest BCUT2D eigenvalue weighted by molar-refractivity contribution is 0.104. The smallest absolute Gasteiger partial charge is 0.197 e. The van der Waals surface area contributed by atoms with Gasteiger partial charge in [0.15, 0.2) is 17.3 Å². The molecule has 0 aliphatic carbocycles. The van der Waals surface area contributed by atoms with Crippen LogP contribution >= 0.6 is 15.9 Å². The minimum Gasteiger partial charge on any atom is -0.493 e. The maximum atomic E-state index is 13.7. The van der Waals surface area contributed by atoms with Gasteiger partial charge in [0.2, 0.25) is 0 Å². The van der Waals surface area contributed by atoms with Crippen molar-refractivity contribution >= 4 is 15.9 Å². The fourth-order valence-electron chi connectivity index (χ4n) is 1.76. The molecular weight excluding hydrogens is 327 g/mol. The van der Waals surface area contributed by atoms with E-state index in [0.29, 0.717) is 11.3 Å². The fraction of sp³-hybridized carbons (Fsp3) is 0.200. The SMILES string of the molecule is COc1cccc(F)c1OCC(O)c1cccc(Br)c1. The minimum atomic E-state index is -0.850. The summed E-state index contributed by atoms with van der Waals surface area (Å²) in [4.78, 5) is 0. The Bertz CT molecular complexity index is 589. The summed E-state index contributed by atoms with van der Waals surface area (Å²) in [6.45, 7) is -0.0618. The van der Waals surface area contributed by atoms with Crippen LogP contribution in [0.15, 0.2) is 46.9 Å². The predicted octanol–water partition coefficient (Wildman–Crippen LogP) is 3.71. The molecule has 0 aliphatic heterocycles. The van der Waals surface area contributed by atoms with Gasteiger partial charge >= 0.3 is 0 Å². The molecule has 3 nitrogen and oxygen atoms in total. The van der Waals surface area contributed by atoms with E-state index in [4.69, 9.17) is 9.47 Å². The van der Waals surface area contributed by atoms with Crippen LogP contribution in [0, 0.1) is 5.82 Å². The average molecular weight is 341 g/mol. The summed E-state index contributed by atoms with van der Waals surface area (Å²) >= 11 is 3.33. The predicted molar refractivity (Wildman–Crippen MR) is 77.5 cm³/mol. The van der Waals surface area contributed by atoms with Gasteiger partial charge in [0.1, 0.15) is 12.7 Å². The van der Waals surface area contributed by atoms with E-state index in [-0.39, 0.29) is 12.4 Å². The highest BCUT2D eigenvalue weighted by Gasteiger charge is 2.14. The molecule has 1 unspecified atom stereocenters. The third-order valence-electron chi connectivity index (χ3n) is 2.77. The van der Waals surface area contributed by atoms with Gasteiger partial charge < -0.3 is 14.6 Å². The lowest BCUT2D eigenvalue weighted by Crippen LogP contribution is -2.11. The molecule has 0 fully saturated rings. The van der Waals surface area contributed by atoms with Gasteiger partial charge in [-0.3, -0.25) is 0 Å². The first kappa shape index (κ1) is 14.8. The van der Waals surface area contributed by atoms with Gasteiger partial charge in [0.05, 0.1) is 7.11 Å². The van der Waals surface area contributed by atoms with Crippen molar-refractivity contribution in [2.45, 2.75) is 6.10 Å². The number of para-hydroxylation sites is 1. The first-order chi connectivity index (χ1) is 9.61. The summed E-state index contributed by atoms with van der Waals surface area (Å²) in [6.07, 6.45) is -0.850. The number of aliphatic hydroxyl groups is 1. The molecule has 0 heterocycles. The molecular formula is C15H14BrFO3. The second kappa shape index (κ2) is 6.72. The molecule has 0 amide bonds. The molecule has 1 atom stereocenters. The molecule has 2 aromatic carbocycles. The number of rotatable bonds is 5. The normalized spacial score (nSPS) is 12.0. The third kappa shape index (κ3) is 3.49. The van der Waals surface area contributed by atoms with E-state index in [0.717, 1.165) is 4.47 Å². The van der Waals surface area contributed by atoms with Crippen LogP contribution in [0.25, 0.3) is 0 Å². The maximum Gasteiger partial charge on any atom is 0.197 e. The van der Waals surface area contributed by atoms with Crippen LogP contribution in [0.3, 0.4) is 0 Å². The number of halogens is 2. The Balaban J connectivity index is 2.09. The number of hydrogen-bond donors (Lipinski definition) is 1. The zero-order chi connectivity index (χ0) is 14.5. The lowest BCUT2D eigenvalue weighted by Gasteiger charge is -2.15. The van der Waals surface area contributed by atoms with E-state index in [1.54, 1.807) is 18.2 Å². The molecule has 5 heteroatoms. The van der Waals surface area contributed by atoms with Gasteiger partial charge in [-0.05, 0) is 29.8 Å². The van der Waals surface area contributed by atoms with Crippen LogP contribution in [0.2, 0.25) is 0 Å². The van der Waals surface area contributed by atoms with Crippen LogP contribution in [0.1, 0.15) is 11.7 Å². The summed E-state index contributed by atoms with van der Waals surface area (Å²) in [5.41, 5.74) is 0.690. The molecule has 106 valence electrons. The molecule has 20 heavy (non-hydrogen) atoms. The fourth-order valence-corrected chi connectivity index (χ4v) is 2.18. The van der Waals surface area contributed by atoms with Gasteiger partial charge in [-0.25, -0.2) is 4.39 Å². The van der Waals surface area contributed by atoms with Crippen molar-refractivity contribution in [1.82, 2.24) is 0 Å². The van der Waals surface area contributed by atoms with Gasteiger partial charge in [0.25, 0.3) is 0 Å². The Morgan fingerprint density at radius 2 is 2.00 bits per heavy atom. The minimum absolute atomic E-state index is 0.00375. The van der Waals surface area contributed by atoms with Gasteiger partial charge in [-0.1, -0.05) is 34.1 Å². The van der Waals surface area contributed by atoms with E-state index in [2.05, 4.69) is 15.9 Å². The average Bonchev–Trinajstić information content (AvgIpc) is 2.45. The summed E-state index contributed by atoms with van der Waals surface area (Å²) < 4.78 is 24.9. The Kier molecular flexibility index (Phi) is 4.98. The Morgan fingerprint density at radius 3 is 2.70 bits per heavy atom. The van der Waals surface area contributed by atoms with E-state index >= 15 is 0 Å². The van der Waals surface area contributed by atoms with Crippen molar-refractivity contribution in [2.24, 2.45) is 0 Å². The van der Waals surface area contributed by atoms with Gasteiger partial charge in [-0.2, -0.15) is 0 Å². The standard InChI is InChI=1S/C15H14BrFO3/c1-19-14-7-3-6-12(17)15(14)20-9-13(18)10-4-2-5-11(16)8-10/h2-8,13,18H,9H2,1H3. The summed E-state index contributed by atoms with van der Waals surface area (Å²) in [7, 11) is 1.44. The molecule has 2 aromatic rings. The number of benzene rings is 2. The molecule has 0 radical (unpaired) electrons. The molecule has 1 N–H and O–H groups in total. The van der Waals surface area contributed by atoms with Crippen molar-refractivity contribution in [3.63, 3.8) is 0 Å². The first-order valence-electron chi connectivity index (χ1n) is 6.00. The van der Waals surface area contributed by atoms with E-state index in [1.807, 2.05) is 12.1 Å². The summed E-state index contributed by atoms with van der Waals surface area (Å²) in [5, 5.41) is 10.1. The first-order valence-corrected chi connectivity index (χ1v) is 6.80. The zero-order valence-electron chi connectivity index (χ0n) is 10.8. The largest absolute Gasteiger partial charge is 0.493 e. The summed E-state index contributed by atoms with van der Waals surface area (Å²) in [5.74, 6) is -0.221. The van der Waals surface area contributed by atoms with Crippen LogP contribution in [-0.4, -0.2) is 18.8 Å². The highest BCUT2D eigenvalue weighted by molar-refractivity contribution is 9.10. The number of hydrogen-bond acceptors (Lipinski definition) is 3. The second-order valence-corrected chi connectivity index (χ2v) is 5.07. The Hall–Kier alpha value is -1.59. The van der Waals surface area contributed by atoms with Crippen molar-refractivity contribution in [2.75, 3.05) is 13.7 Å². The van der Waals surface area contributed by atoms with E-state index in [9.17, 15) is 9.50 Å². The number of methoxy groups -OCH3 is 1. The maximum absolute atomic E-state index is 13.7. The third-order valence-corrected chi connectivity index (χ3v) is 3.26. The lowest BCUT2D eigenvalue weighted by atomic mass is 10.1. The molecule has 0 spiro atoms. The number of aliphatic hydroxyl groups excluding tert-OH is 1. The van der Waals surface area contributed by atoms with Gasteiger partial charge in [-0.15, -0.1) is 0 Å². The van der Waals surface area contributed by atoms with Crippen molar-refractivity contribution in [3.8, 4) is 11.5 Å². The molecule has 0 saturated heterocycles. The molecule has 2 rings (SSSR count). The summed E-state index contributed by atoms with van der Waals surface area (Å²) in [6, 6.07) is 11.6. The van der Waals surface area contributed by atoms with Gasteiger partial charge in [0, 0.05) is 4.47 Å². The monoisotopic (exact) mass is 340 g/mol. The van der Waals surface area contributed by atoms with Crippen LogP contribution in [-0.2, 0) is 0 Å². The van der Waals surface area contributed by atoms with Crippen molar-refractivity contribution < 1.29 is 19.0 Å². The van der Waals surface area contributed by atoms with Crippen LogP contribution in [0.4, 0.5) is 4.39 Å². The van der Waals surface area contributed by atoms with E-state index in [1.165, 1.54) is 19.2 Å². The van der Waals surface area contributed by atoms with Crippen molar-refractivity contribution in [3.05, 3.63) is 58.3 Å². The quantitative estimate of drug-likeness (QED) is 0.901. The second-order valence-electron chi connectivity index (χ2n) is 4.15. The Labute approximate surface area is 125 Å². The number of ether oxygens (including phenoxy) is 2.